The maximum absolute atomic E-state index is 12.0. The lowest BCUT2D eigenvalue weighted by Crippen LogP contribution is -2.56. The van der Waals surface area contributed by atoms with Crippen LogP contribution in [0, 0.1) is 5.92 Å². The summed E-state index contributed by atoms with van der Waals surface area (Å²) in [4.78, 5) is 14.3. The van der Waals surface area contributed by atoms with E-state index < -0.39 is 11.5 Å². The van der Waals surface area contributed by atoms with Gasteiger partial charge in [0.05, 0.1) is 0 Å². The van der Waals surface area contributed by atoms with Crippen molar-refractivity contribution >= 4 is 5.97 Å². The van der Waals surface area contributed by atoms with E-state index in [0.717, 1.165) is 18.0 Å². The van der Waals surface area contributed by atoms with Gasteiger partial charge in [0.1, 0.15) is 0 Å². The zero-order valence-electron chi connectivity index (χ0n) is 11.9. The largest absolute Gasteiger partial charge is 0.480 e. The number of nitrogens with zero attached hydrogens (tertiary/aromatic N) is 1. The molecule has 2 bridgehead atoms. The highest BCUT2D eigenvalue weighted by molar-refractivity contribution is 5.81. The molecule has 1 aromatic carbocycles. The van der Waals surface area contributed by atoms with Gasteiger partial charge >= 0.3 is 5.97 Å². The first-order chi connectivity index (χ1) is 9.65. The Balaban J connectivity index is 1.88. The highest BCUT2D eigenvalue weighted by Crippen LogP contribution is 2.39. The fourth-order valence-electron chi connectivity index (χ4n) is 3.86. The monoisotopic (exact) mass is 274 g/mol. The summed E-state index contributed by atoms with van der Waals surface area (Å²) in [5.41, 5.74) is -0.177. The number of aliphatic carboxylic acids is 1. The van der Waals surface area contributed by atoms with Crippen LogP contribution in [0.15, 0.2) is 30.3 Å². The molecule has 0 radical (unpaired) electrons. The molecule has 108 valence electrons. The summed E-state index contributed by atoms with van der Waals surface area (Å²) in [6, 6.07) is 10.1. The number of likely N-dealkylation sites (N-methyl/N-ethyl adjacent to an activating group) is 1. The molecule has 1 aromatic rings. The Morgan fingerprint density at radius 1 is 1.40 bits per heavy atom. The lowest BCUT2D eigenvalue weighted by Gasteiger charge is -2.37. The molecular formula is C16H22N2O2. The van der Waals surface area contributed by atoms with Crippen molar-refractivity contribution in [2.24, 2.45) is 5.92 Å². The fraction of sp³-hybridized carbons (Fsp3) is 0.562. The van der Waals surface area contributed by atoms with Crippen LogP contribution in [0.5, 0.6) is 0 Å². The molecule has 2 fully saturated rings. The van der Waals surface area contributed by atoms with Crippen molar-refractivity contribution in [1.29, 1.82) is 0 Å². The number of hydrogen-bond donors (Lipinski definition) is 2. The third kappa shape index (κ3) is 2.13. The van der Waals surface area contributed by atoms with Crippen LogP contribution >= 0.6 is 0 Å². The van der Waals surface area contributed by atoms with Crippen molar-refractivity contribution in [2.75, 3.05) is 20.1 Å². The third-order valence-electron chi connectivity index (χ3n) is 5.02. The summed E-state index contributed by atoms with van der Waals surface area (Å²) < 4.78 is 0. The van der Waals surface area contributed by atoms with Crippen molar-refractivity contribution in [3.8, 4) is 0 Å². The number of carboxylic acids is 1. The lowest BCUT2D eigenvalue weighted by atomic mass is 9.88. The van der Waals surface area contributed by atoms with E-state index in [1.165, 1.54) is 19.3 Å². The van der Waals surface area contributed by atoms with Crippen LogP contribution in [-0.2, 0) is 10.3 Å². The van der Waals surface area contributed by atoms with E-state index in [0.29, 0.717) is 12.6 Å². The quantitative estimate of drug-likeness (QED) is 0.857. The summed E-state index contributed by atoms with van der Waals surface area (Å²) in [5, 5.41) is 12.9. The molecule has 2 N–H and O–H groups in total. The Morgan fingerprint density at radius 3 is 2.65 bits per heavy atom. The van der Waals surface area contributed by atoms with Gasteiger partial charge in [-0.15, -0.1) is 0 Å². The normalized spacial score (nSPS) is 28.4. The van der Waals surface area contributed by atoms with Crippen LogP contribution < -0.4 is 5.32 Å². The zero-order chi connectivity index (χ0) is 14.2. The van der Waals surface area contributed by atoms with E-state index in [2.05, 4.69) is 10.2 Å². The maximum Gasteiger partial charge on any atom is 0.329 e. The van der Waals surface area contributed by atoms with Gasteiger partial charge in [0.2, 0.25) is 0 Å². The molecule has 20 heavy (non-hydrogen) atoms. The minimum atomic E-state index is -1.01. The molecule has 1 saturated heterocycles. The topological polar surface area (TPSA) is 52.6 Å². The number of likely N-dealkylation sites (tertiary alicyclic amines) is 1. The molecule has 3 unspecified atom stereocenters. The predicted octanol–water partition coefficient (Wildman–Crippen LogP) is 1.67. The van der Waals surface area contributed by atoms with Crippen molar-refractivity contribution in [3.05, 3.63) is 35.9 Å². The molecule has 0 spiro atoms. The predicted molar refractivity (Wildman–Crippen MR) is 77.5 cm³/mol. The molecule has 1 heterocycles. The maximum atomic E-state index is 12.0. The van der Waals surface area contributed by atoms with E-state index in [4.69, 9.17) is 0 Å². The van der Waals surface area contributed by atoms with Crippen molar-refractivity contribution in [3.63, 3.8) is 0 Å². The van der Waals surface area contributed by atoms with Gasteiger partial charge in [-0.05, 0) is 37.8 Å². The first-order valence-corrected chi connectivity index (χ1v) is 7.37. The second-order valence-corrected chi connectivity index (χ2v) is 6.09. The van der Waals surface area contributed by atoms with Crippen LogP contribution in [0.1, 0.15) is 24.8 Å². The van der Waals surface area contributed by atoms with Gasteiger partial charge in [-0.2, -0.15) is 0 Å². The number of benzene rings is 1. The number of nitrogens with one attached hydrogen (secondary N) is 1. The lowest BCUT2D eigenvalue weighted by molar-refractivity contribution is -0.146. The SMILES string of the molecule is CNC(CN1CC2CCC1C2)(C(=O)O)c1ccccc1. The molecule has 1 aliphatic carbocycles. The average molecular weight is 274 g/mol. The van der Waals surface area contributed by atoms with Gasteiger partial charge in [-0.1, -0.05) is 30.3 Å². The van der Waals surface area contributed by atoms with Crippen molar-refractivity contribution < 1.29 is 9.90 Å². The molecule has 1 aliphatic heterocycles. The van der Waals surface area contributed by atoms with Gasteiger partial charge in [0, 0.05) is 19.1 Å². The molecule has 4 heteroatoms. The second kappa shape index (κ2) is 5.19. The van der Waals surface area contributed by atoms with E-state index in [1.54, 1.807) is 7.05 Å². The van der Waals surface area contributed by atoms with Crippen LogP contribution in [-0.4, -0.2) is 42.2 Å². The van der Waals surface area contributed by atoms with E-state index in [9.17, 15) is 9.90 Å². The van der Waals surface area contributed by atoms with Gasteiger partial charge in [-0.25, -0.2) is 4.79 Å². The molecular weight excluding hydrogens is 252 g/mol. The Morgan fingerprint density at radius 2 is 2.15 bits per heavy atom. The minimum absolute atomic E-state index is 0.546. The van der Waals surface area contributed by atoms with E-state index in [-0.39, 0.29) is 0 Å². The Labute approximate surface area is 119 Å². The zero-order valence-corrected chi connectivity index (χ0v) is 11.9. The van der Waals surface area contributed by atoms with Gasteiger partial charge < -0.3 is 10.4 Å². The number of hydrogen-bond acceptors (Lipinski definition) is 3. The fourth-order valence-corrected chi connectivity index (χ4v) is 3.86. The van der Waals surface area contributed by atoms with E-state index in [1.807, 2.05) is 30.3 Å². The molecule has 3 atom stereocenters. The Kier molecular flexibility index (Phi) is 3.52. The van der Waals surface area contributed by atoms with Crippen LogP contribution in [0.3, 0.4) is 0 Å². The van der Waals surface area contributed by atoms with Crippen LogP contribution in [0.2, 0.25) is 0 Å². The van der Waals surface area contributed by atoms with Gasteiger partial charge in [-0.3, -0.25) is 4.90 Å². The number of rotatable bonds is 5. The van der Waals surface area contributed by atoms with Crippen LogP contribution in [0.25, 0.3) is 0 Å². The number of carbonyl (C=O) groups is 1. The summed E-state index contributed by atoms with van der Waals surface area (Å²) in [7, 11) is 1.75. The standard InChI is InChI=1S/C16H22N2O2/c1-17-16(15(19)20,13-5-3-2-4-6-13)11-18-10-12-7-8-14(18)9-12/h2-6,12,14,17H,7-11H2,1H3,(H,19,20). The highest BCUT2D eigenvalue weighted by Gasteiger charge is 2.46. The number of fused-ring (bicyclic) bond motifs is 2. The summed E-state index contributed by atoms with van der Waals surface area (Å²) in [6.07, 6.45) is 3.78. The Bertz CT molecular complexity index is 491. The van der Waals surface area contributed by atoms with Crippen molar-refractivity contribution in [1.82, 2.24) is 10.2 Å². The van der Waals surface area contributed by atoms with Gasteiger partial charge in [0.25, 0.3) is 0 Å². The molecule has 0 amide bonds. The van der Waals surface area contributed by atoms with Crippen molar-refractivity contribution in [2.45, 2.75) is 30.8 Å². The van der Waals surface area contributed by atoms with E-state index >= 15 is 0 Å². The first-order valence-electron chi connectivity index (χ1n) is 7.37. The molecule has 4 nitrogen and oxygen atoms in total. The first kappa shape index (κ1) is 13.6. The second-order valence-electron chi connectivity index (χ2n) is 6.09. The van der Waals surface area contributed by atoms with Gasteiger partial charge in [0.15, 0.2) is 5.54 Å². The number of piperidine rings is 1. The minimum Gasteiger partial charge on any atom is -0.480 e. The summed E-state index contributed by atoms with van der Waals surface area (Å²) in [6.45, 7) is 1.60. The smallest absolute Gasteiger partial charge is 0.329 e. The third-order valence-corrected chi connectivity index (χ3v) is 5.02. The average Bonchev–Trinajstić information content (AvgIpc) is 3.08. The van der Waals surface area contributed by atoms with Crippen LogP contribution in [0.4, 0.5) is 0 Å². The Hall–Kier alpha value is -1.39. The molecule has 1 saturated carbocycles. The summed E-state index contributed by atoms with van der Waals surface area (Å²) >= 11 is 0. The summed E-state index contributed by atoms with van der Waals surface area (Å²) in [5.74, 6) is -0.0203. The number of carboxylic acid groups (broad SMARTS) is 1. The molecule has 3 rings (SSSR count). The molecule has 2 aliphatic rings. The molecule has 0 aromatic heterocycles. The highest BCUT2D eigenvalue weighted by atomic mass is 16.4.